The lowest BCUT2D eigenvalue weighted by Gasteiger charge is -2.21. The SMILES string of the molecule is CC1CC1c1cc(NC(=O)C2CCNCC2)n[nH]1.Cl. The Balaban J connectivity index is 0.00000133. The number of hydrogen-bond donors (Lipinski definition) is 3. The first-order chi connectivity index (χ1) is 8.74. The summed E-state index contributed by atoms with van der Waals surface area (Å²) in [4.78, 5) is 12.0. The number of piperidine rings is 1. The highest BCUT2D eigenvalue weighted by Crippen LogP contribution is 2.46. The van der Waals surface area contributed by atoms with E-state index in [1.165, 1.54) is 6.42 Å². The van der Waals surface area contributed by atoms with E-state index in [-0.39, 0.29) is 24.2 Å². The zero-order valence-electron chi connectivity index (χ0n) is 11.1. The number of amides is 1. The maximum Gasteiger partial charge on any atom is 0.228 e. The summed E-state index contributed by atoms with van der Waals surface area (Å²) in [5, 5.41) is 13.4. The van der Waals surface area contributed by atoms with Crippen LogP contribution in [0, 0.1) is 11.8 Å². The Kier molecular flexibility index (Phi) is 4.47. The number of H-pyrrole nitrogens is 1. The average molecular weight is 285 g/mol. The van der Waals surface area contributed by atoms with Crippen molar-refractivity contribution in [2.75, 3.05) is 18.4 Å². The minimum absolute atomic E-state index is 0. The van der Waals surface area contributed by atoms with E-state index in [0.717, 1.165) is 37.5 Å². The van der Waals surface area contributed by atoms with Crippen molar-refractivity contribution in [3.05, 3.63) is 11.8 Å². The Morgan fingerprint density at radius 1 is 1.42 bits per heavy atom. The van der Waals surface area contributed by atoms with Gasteiger partial charge in [-0.05, 0) is 38.3 Å². The standard InChI is InChI=1S/C13H20N4O.ClH/c1-8-6-10(8)11-7-12(17-16-11)15-13(18)9-2-4-14-5-3-9;/h7-10,14H,2-6H2,1H3,(H2,15,16,17,18);1H. The summed E-state index contributed by atoms with van der Waals surface area (Å²) in [6.07, 6.45) is 3.06. The molecular formula is C13H21ClN4O. The Morgan fingerprint density at radius 3 is 2.74 bits per heavy atom. The van der Waals surface area contributed by atoms with Gasteiger partial charge in [0, 0.05) is 23.6 Å². The van der Waals surface area contributed by atoms with E-state index < -0.39 is 0 Å². The molecule has 106 valence electrons. The monoisotopic (exact) mass is 284 g/mol. The molecule has 1 aromatic rings. The summed E-state index contributed by atoms with van der Waals surface area (Å²) in [5.41, 5.74) is 1.16. The highest BCUT2D eigenvalue weighted by Gasteiger charge is 2.35. The molecule has 1 saturated carbocycles. The Morgan fingerprint density at radius 2 is 2.11 bits per heavy atom. The van der Waals surface area contributed by atoms with Gasteiger partial charge in [-0.2, -0.15) is 5.10 Å². The normalized spacial score (nSPS) is 26.6. The van der Waals surface area contributed by atoms with Gasteiger partial charge in [0.25, 0.3) is 0 Å². The lowest BCUT2D eigenvalue weighted by atomic mass is 9.97. The maximum atomic E-state index is 12.0. The first kappa shape index (κ1) is 14.3. The zero-order valence-corrected chi connectivity index (χ0v) is 11.9. The largest absolute Gasteiger partial charge is 0.317 e. The predicted octanol–water partition coefficient (Wildman–Crippen LogP) is 1.89. The molecule has 0 radical (unpaired) electrons. The van der Waals surface area contributed by atoms with Crippen LogP contribution in [-0.2, 0) is 4.79 Å². The first-order valence-electron chi connectivity index (χ1n) is 6.81. The molecule has 2 heterocycles. The summed E-state index contributed by atoms with van der Waals surface area (Å²) in [7, 11) is 0. The van der Waals surface area contributed by atoms with Gasteiger partial charge >= 0.3 is 0 Å². The number of carbonyl (C=O) groups excluding carboxylic acids is 1. The van der Waals surface area contributed by atoms with Crippen LogP contribution < -0.4 is 10.6 Å². The first-order valence-corrected chi connectivity index (χ1v) is 6.81. The van der Waals surface area contributed by atoms with Crippen molar-refractivity contribution in [1.82, 2.24) is 15.5 Å². The van der Waals surface area contributed by atoms with Gasteiger partial charge in [-0.15, -0.1) is 12.4 Å². The van der Waals surface area contributed by atoms with Gasteiger partial charge < -0.3 is 10.6 Å². The number of nitrogens with one attached hydrogen (secondary N) is 3. The molecular weight excluding hydrogens is 264 g/mol. The van der Waals surface area contributed by atoms with Gasteiger partial charge in [0.15, 0.2) is 5.82 Å². The van der Waals surface area contributed by atoms with E-state index in [9.17, 15) is 4.79 Å². The molecule has 2 aliphatic rings. The van der Waals surface area contributed by atoms with Crippen LogP contribution in [0.15, 0.2) is 6.07 Å². The van der Waals surface area contributed by atoms with Gasteiger partial charge in [-0.1, -0.05) is 6.92 Å². The van der Waals surface area contributed by atoms with E-state index in [1.807, 2.05) is 6.07 Å². The van der Waals surface area contributed by atoms with Gasteiger partial charge in [0.05, 0.1) is 0 Å². The van der Waals surface area contributed by atoms with Crippen LogP contribution in [0.5, 0.6) is 0 Å². The van der Waals surface area contributed by atoms with Gasteiger partial charge in [0.1, 0.15) is 0 Å². The number of halogens is 1. The second-order valence-corrected chi connectivity index (χ2v) is 5.54. The summed E-state index contributed by atoms with van der Waals surface area (Å²) in [6.45, 7) is 4.10. The predicted molar refractivity (Wildman–Crippen MR) is 76.6 cm³/mol. The van der Waals surface area contributed by atoms with Crippen molar-refractivity contribution in [3.63, 3.8) is 0 Å². The Hall–Kier alpha value is -1.07. The average Bonchev–Trinajstić information content (AvgIpc) is 2.94. The molecule has 0 spiro atoms. The number of nitrogens with zero attached hydrogens (tertiary/aromatic N) is 1. The van der Waals surface area contributed by atoms with E-state index in [4.69, 9.17) is 0 Å². The smallest absolute Gasteiger partial charge is 0.228 e. The zero-order chi connectivity index (χ0) is 12.5. The molecule has 2 atom stereocenters. The molecule has 1 amide bonds. The lowest BCUT2D eigenvalue weighted by Crippen LogP contribution is -2.34. The molecule has 5 nitrogen and oxygen atoms in total. The van der Waals surface area contributed by atoms with Crippen LogP contribution in [0.3, 0.4) is 0 Å². The van der Waals surface area contributed by atoms with E-state index in [0.29, 0.717) is 11.7 Å². The third-order valence-corrected chi connectivity index (χ3v) is 4.07. The minimum Gasteiger partial charge on any atom is -0.317 e. The number of hydrogen-bond acceptors (Lipinski definition) is 3. The van der Waals surface area contributed by atoms with E-state index >= 15 is 0 Å². The molecule has 1 aliphatic carbocycles. The van der Waals surface area contributed by atoms with Crippen LogP contribution >= 0.6 is 12.4 Å². The second-order valence-electron chi connectivity index (χ2n) is 5.54. The van der Waals surface area contributed by atoms with Crippen molar-refractivity contribution in [2.24, 2.45) is 11.8 Å². The highest BCUT2D eigenvalue weighted by atomic mass is 35.5. The third-order valence-electron chi connectivity index (χ3n) is 4.07. The number of aromatic nitrogens is 2. The van der Waals surface area contributed by atoms with Crippen LogP contribution in [0.1, 0.15) is 37.8 Å². The minimum atomic E-state index is 0. The highest BCUT2D eigenvalue weighted by molar-refractivity contribution is 5.91. The third kappa shape index (κ3) is 3.28. The summed E-state index contributed by atoms with van der Waals surface area (Å²) >= 11 is 0. The second kappa shape index (κ2) is 5.92. The number of rotatable bonds is 3. The summed E-state index contributed by atoms with van der Waals surface area (Å²) in [6, 6.07) is 1.98. The fourth-order valence-electron chi connectivity index (χ4n) is 2.66. The number of anilines is 1. The Labute approximate surface area is 119 Å². The van der Waals surface area contributed by atoms with E-state index in [1.54, 1.807) is 0 Å². The van der Waals surface area contributed by atoms with Crippen molar-refractivity contribution in [1.29, 1.82) is 0 Å². The molecule has 19 heavy (non-hydrogen) atoms. The molecule has 3 N–H and O–H groups in total. The van der Waals surface area contributed by atoms with E-state index in [2.05, 4.69) is 27.8 Å². The van der Waals surface area contributed by atoms with Crippen molar-refractivity contribution in [2.45, 2.75) is 32.1 Å². The summed E-state index contributed by atoms with van der Waals surface area (Å²) in [5.74, 6) is 2.28. The van der Waals surface area contributed by atoms with Crippen LogP contribution in [0.2, 0.25) is 0 Å². The van der Waals surface area contributed by atoms with Crippen LogP contribution in [0.4, 0.5) is 5.82 Å². The molecule has 1 saturated heterocycles. The number of aromatic amines is 1. The maximum absolute atomic E-state index is 12.0. The van der Waals surface area contributed by atoms with Crippen LogP contribution in [0.25, 0.3) is 0 Å². The molecule has 2 unspecified atom stereocenters. The molecule has 1 aliphatic heterocycles. The van der Waals surface area contributed by atoms with Crippen molar-refractivity contribution >= 4 is 24.1 Å². The van der Waals surface area contributed by atoms with Gasteiger partial charge in [0.2, 0.25) is 5.91 Å². The van der Waals surface area contributed by atoms with Crippen molar-refractivity contribution < 1.29 is 4.79 Å². The molecule has 0 bridgehead atoms. The van der Waals surface area contributed by atoms with Crippen molar-refractivity contribution in [3.8, 4) is 0 Å². The van der Waals surface area contributed by atoms with Gasteiger partial charge in [-0.3, -0.25) is 9.89 Å². The molecule has 0 aromatic carbocycles. The number of carbonyl (C=O) groups is 1. The molecule has 1 aromatic heterocycles. The topological polar surface area (TPSA) is 69.8 Å². The van der Waals surface area contributed by atoms with Gasteiger partial charge in [-0.25, -0.2) is 0 Å². The Bertz CT molecular complexity index is 442. The summed E-state index contributed by atoms with van der Waals surface area (Å²) < 4.78 is 0. The lowest BCUT2D eigenvalue weighted by molar-refractivity contribution is -0.120. The molecule has 3 rings (SSSR count). The molecule has 2 fully saturated rings. The fourth-order valence-corrected chi connectivity index (χ4v) is 2.66. The fraction of sp³-hybridized carbons (Fsp3) is 0.692. The molecule has 6 heteroatoms. The van der Waals surface area contributed by atoms with Crippen LogP contribution in [-0.4, -0.2) is 29.2 Å². The quantitative estimate of drug-likeness (QED) is 0.794.